The lowest BCUT2D eigenvalue weighted by atomic mass is 10.0. The molecule has 1 aliphatic carbocycles. The zero-order valence-electron chi connectivity index (χ0n) is 7.56. The van der Waals surface area contributed by atoms with E-state index in [1.54, 1.807) is 0 Å². The van der Waals surface area contributed by atoms with Gasteiger partial charge in [0, 0.05) is 12.0 Å². The van der Waals surface area contributed by atoms with Crippen molar-refractivity contribution in [3.05, 3.63) is 17.7 Å². The second kappa shape index (κ2) is 2.78. The minimum absolute atomic E-state index is 0.312. The van der Waals surface area contributed by atoms with Crippen LogP contribution >= 0.6 is 0 Å². The maximum absolute atomic E-state index is 9.61. The van der Waals surface area contributed by atoms with Crippen LogP contribution in [-0.2, 0) is 6.42 Å². The monoisotopic (exact) mass is 196 g/mol. The smallest absolute Gasteiger partial charge is 0.200 e. The molecule has 0 bridgehead atoms. The fourth-order valence-corrected chi connectivity index (χ4v) is 1.43. The molecule has 1 aromatic rings. The number of rotatable bonds is 2. The molecule has 0 radical (unpaired) electrons. The van der Waals surface area contributed by atoms with E-state index in [0.717, 1.165) is 0 Å². The van der Waals surface area contributed by atoms with Crippen molar-refractivity contribution in [1.29, 1.82) is 0 Å². The van der Waals surface area contributed by atoms with Crippen LogP contribution in [0.2, 0.25) is 0 Å². The molecule has 1 aliphatic rings. The first-order valence-electron chi connectivity index (χ1n) is 4.47. The number of aliphatic hydroxyl groups is 1. The summed E-state index contributed by atoms with van der Waals surface area (Å²) in [5, 5.41) is 37.3. The van der Waals surface area contributed by atoms with Gasteiger partial charge in [-0.15, -0.1) is 0 Å². The van der Waals surface area contributed by atoms with Crippen LogP contribution in [0.3, 0.4) is 0 Å². The summed E-state index contributed by atoms with van der Waals surface area (Å²) in [6.45, 7) is 0. The summed E-state index contributed by atoms with van der Waals surface area (Å²) in [4.78, 5) is 0. The first-order valence-corrected chi connectivity index (χ1v) is 4.47. The molecule has 0 aliphatic heterocycles. The molecule has 0 saturated heterocycles. The van der Waals surface area contributed by atoms with Crippen molar-refractivity contribution < 1.29 is 20.4 Å². The van der Waals surface area contributed by atoms with Crippen molar-refractivity contribution in [3.63, 3.8) is 0 Å². The number of phenols is 3. The molecule has 0 aromatic heterocycles. The topological polar surface area (TPSA) is 80.9 Å². The molecule has 2 rings (SSSR count). The molecule has 4 N–H and O–H groups in total. The van der Waals surface area contributed by atoms with Crippen molar-refractivity contribution >= 4 is 0 Å². The van der Waals surface area contributed by atoms with Gasteiger partial charge in [-0.05, 0) is 18.9 Å². The fraction of sp³-hybridized carbons (Fsp3) is 0.400. The molecule has 0 heterocycles. The van der Waals surface area contributed by atoms with Crippen LogP contribution in [0.15, 0.2) is 12.1 Å². The Hall–Kier alpha value is -1.42. The summed E-state index contributed by atoms with van der Waals surface area (Å²) >= 11 is 0. The minimum atomic E-state index is -0.721. The van der Waals surface area contributed by atoms with E-state index in [2.05, 4.69) is 0 Å². The molecule has 0 spiro atoms. The van der Waals surface area contributed by atoms with Crippen LogP contribution in [0.4, 0.5) is 0 Å². The van der Waals surface area contributed by atoms with Crippen molar-refractivity contribution in [2.75, 3.05) is 0 Å². The van der Waals surface area contributed by atoms with E-state index in [4.69, 9.17) is 5.11 Å². The van der Waals surface area contributed by atoms with Gasteiger partial charge in [0.05, 0.1) is 5.60 Å². The van der Waals surface area contributed by atoms with Gasteiger partial charge < -0.3 is 20.4 Å². The predicted molar refractivity (Wildman–Crippen MR) is 49.3 cm³/mol. The zero-order chi connectivity index (χ0) is 10.3. The first-order chi connectivity index (χ1) is 6.52. The van der Waals surface area contributed by atoms with Crippen molar-refractivity contribution in [2.45, 2.75) is 24.9 Å². The predicted octanol–water partition coefficient (Wildman–Crippen LogP) is 0.871. The van der Waals surface area contributed by atoms with Crippen molar-refractivity contribution in [2.24, 2.45) is 0 Å². The van der Waals surface area contributed by atoms with Gasteiger partial charge in [-0.1, -0.05) is 6.07 Å². The highest BCUT2D eigenvalue weighted by atomic mass is 16.3. The van der Waals surface area contributed by atoms with Crippen LogP contribution in [0.1, 0.15) is 18.4 Å². The standard InChI is InChI=1S/C10H12O4/c11-7-2-1-6(8(12)9(7)13)5-10(14)3-4-10/h1-2,11-14H,3-5H2. The van der Waals surface area contributed by atoms with Gasteiger partial charge in [0.15, 0.2) is 11.5 Å². The Balaban J connectivity index is 2.30. The molecule has 0 atom stereocenters. The molecular weight excluding hydrogens is 184 g/mol. The maximum atomic E-state index is 9.61. The number of hydrogen-bond donors (Lipinski definition) is 4. The number of benzene rings is 1. The van der Waals surface area contributed by atoms with E-state index in [9.17, 15) is 15.3 Å². The quantitative estimate of drug-likeness (QED) is 0.529. The first kappa shape index (κ1) is 9.15. The molecule has 0 amide bonds. The Morgan fingerprint density at radius 2 is 1.71 bits per heavy atom. The summed E-state index contributed by atoms with van der Waals surface area (Å²) in [5.41, 5.74) is -0.263. The van der Waals surface area contributed by atoms with Gasteiger partial charge >= 0.3 is 0 Å². The maximum Gasteiger partial charge on any atom is 0.200 e. The summed E-state index contributed by atoms with van der Waals surface area (Å²) < 4.78 is 0. The lowest BCUT2D eigenvalue weighted by molar-refractivity contribution is 0.149. The molecule has 1 aromatic carbocycles. The number of aromatic hydroxyl groups is 3. The Labute approximate surface area is 81.1 Å². The average Bonchev–Trinajstić information content (AvgIpc) is 2.86. The van der Waals surface area contributed by atoms with Gasteiger partial charge in [-0.2, -0.15) is 0 Å². The van der Waals surface area contributed by atoms with Gasteiger partial charge in [-0.25, -0.2) is 0 Å². The van der Waals surface area contributed by atoms with Gasteiger partial charge in [0.2, 0.25) is 5.75 Å². The zero-order valence-corrected chi connectivity index (χ0v) is 7.56. The molecule has 76 valence electrons. The van der Waals surface area contributed by atoms with Crippen LogP contribution in [0.25, 0.3) is 0 Å². The molecule has 14 heavy (non-hydrogen) atoms. The Morgan fingerprint density at radius 3 is 2.29 bits per heavy atom. The SMILES string of the molecule is Oc1ccc(CC2(O)CC2)c(O)c1O. The third-order valence-electron chi connectivity index (χ3n) is 2.56. The van der Waals surface area contributed by atoms with Crippen molar-refractivity contribution in [1.82, 2.24) is 0 Å². The molecule has 1 saturated carbocycles. The van der Waals surface area contributed by atoms with Crippen LogP contribution in [0, 0.1) is 0 Å². The third kappa shape index (κ3) is 1.48. The Kier molecular flexibility index (Phi) is 1.82. The molecule has 0 unspecified atom stereocenters. The molecule has 4 heteroatoms. The molecule has 4 nitrogen and oxygen atoms in total. The van der Waals surface area contributed by atoms with Crippen LogP contribution in [-0.4, -0.2) is 26.0 Å². The average molecular weight is 196 g/mol. The largest absolute Gasteiger partial charge is 0.504 e. The van der Waals surface area contributed by atoms with E-state index in [-0.39, 0.29) is 11.5 Å². The van der Waals surface area contributed by atoms with Crippen LogP contribution in [0.5, 0.6) is 17.2 Å². The van der Waals surface area contributed by atoms with Crippen LogP contribution < -0.4 is 0 Å². The van der Waals surface area contributed by atoms with Gasteiger partial charge in [0.1, 0.15) is 0 Å². The molecule has 1 fully saturated rings. The van der Waals surface area contributed by atoms with E-state index >= 15 is 0 Å². The summed E-state index contributed by atoms with van der Waals surface area (Å²) in [6, 6.07) is 2.80. The van der Waals surface area contributed by atoms with E-state index in [1.807, 2.05) is 0 Å². The normalized spacial score (nSPS) is 18.1. The second-order valence-electron chi connectivity index (χ2n) is 3.84. The number of hydrogen-bond acceptors (Lipinski definition) is 4. The lowest BCUT2D eigenvalue weighted by Crippen LogP contribution is -2.10. The fourth-order valence-electron chi connectivity index (χ4n) is 1.43. The minimum Gasteiger partial charge on any atom is -0.504 e. The highest BCUT2D eigenvalue weighted by Gasteiger charge is 2.41. The van der Waals surface area contributed by atoms with E-state index in [1.165, 1.54) is 12.1 Å². The highest BCUT2D eigenvalue weighted by molar-refractivity contribution is 5.53. The lowest BCUT2D eigenvalue weighted by Gasteiger charge is -2.10. The summed E-state index contributed by atoms with van der Waals surface area (Å²) in [7, 11) is 0. The summed E-state index contributed by atoms with van der Waals surface area (Å²) in [5.74, 6) is -1.22. The van der Waals surface area contributed by atoms with E-state index in [0.29, 0.717) is 24.8 Å². The molecular formula is C10H12O4. The number of phenolic OH excluding ortho intramolecular Hbond substituents is 3. The Morgan fingerprint density at radius 1 is 1.07 bits per heavy atom. The van der Waals surface area contributed by atoms with Crippen molar-refractivity contribution in [3.8, 4) is 17.2 Å². The third-order valence-corrected chi connectivity index (χ3v) is 2.56. The Bertz CT molecular complexity index is 369. The second-order valence-corrected chi connectivity index (χ2v) is 3.84. The summed E-state index contributed by atoms with van der Waals surface area (Å²) in [6.07, 6.45) is 1.74. The highest BCUT2D eigenvalue weighted by Crippen LogP contribution is 2.43. The van der Waals surface area contributed by atoms with E-state index < -0.39 is 11.4 Å². The van der Waals surface area contributed by atoms with Gasteiger partial charge in [0.25, 0.3) is 0 Å². The van der Waals surface area contributed by atoms with Gasteiger partial charge in [-0.3, -0.25) is 0 Å².